The average Bonchev–Trinajstić information content (AvgIpc) is 3.16. The van der Waals surface area contributed by atoms with E-state index < -0.39 is 6.10 Å². The lowest BCUT2D eigenvalue weighted by molar-refractivity contribution is 0.0313. The zero-order valence-electron chi connectivity index (χ0n) is 16.4. The van der Waals surface area contributed by atoms with Crippen LogP contribution in [-0.4, -0.2) is 48.5 Å². The Morgan fingerprint density at radius 1 is 1.15 bits per heavy atom. The molecular formula is C23H31NO3. The second-order valence-electron chi connectivity index (χ2n) is 7.55. The Hall–Kier alpha value is -1.88. The molecule has 1 heterocycles. The second-order valence-corrected chi connectivity index (χ2v) is 7.55. The SMILES string of the molecule is Cc1ccc(CN(C[C@@H](O)COc2ccccc2C)C[C@H]2CCCO2)cc1. The molecule has 1 aliphatic rings. The molecule has 1 aliphatic heterocycles. The molecule has 2 aromatic rings. The first-order valence-corrected chi connectivity index (χ1v) is 9.86. The number of aliphatic hydroxyl groups is 1. The van der Waals surface area contributed by atoms with Crippen molar-refractivity contribution in [3.05, 3.63) is 65.2 Å². The minimum Gasteiger partial charge on any atom is -0.491 e. The fraction of sp³-hybridized carbons (Fsp3) is 0.478. The number of hydrogen-bond acceptors (Lipinski definition) is 4. The summed E-state index contributed by atoms with van der Waals surface area (Å²) in [5.41, 5.74) is 3.60. The third-order valence-corrected chi connectivity index (χ3v) is 5.01. The summed E-state index contributed by atoms with van der Waals surface area (Å²) in [7, 11) is 0. The molecule has 1 saturated heterocycles. The van der Waals surface area contributed by atoms with Crippen molar-refractivity contribution in [3.8, 4) is 5.75 Å². The predicted molar refractivity (Wildman–Crippen MR) is 108 cm³/mol. The van der Waals surface area contributed by atoms with Gasteiger partial charge in [-0.15, -0.1) is 0 Å². The highest BCUT2D eigenvalue weighted by atomic mass is 16.5. The van der Waals surface area contributed by atoms with Crippen LogP contribution in [0.5, 0.6) is 5.75 Å². The van der Waals surface area contributed by atoms with Crippen molar-refractivity contribution in [2.75, 3.05) is 26.3 Å². The van der Waals surface area contributed by atoms with Crippen molar-refractivity contribution < 1.29 is 14.6 Å². The Kier molecular flexibility index (Phi) is 7.27. The van der Waals surface area contributed by atoms with Crippen LogP contribution in [0.3, 0.4) is 0 Å². The van der Waals surface area contributed by atoms with Crippen LogP contribution in [0, 0.1) is 13.8 Å². The summed E-state index contributed by atoms with van der Waals surface area (Å²) in [4.78, 5) is 2.28. The number of nitrogens with zero attached hydrogens (tertiary/aromatic N) is 1. The van der Waals surface area contributed by atoms with Crippen molar-refractivity contribution in [1.29, 1.82) is 0 Å². The van der Waals surface area contributed by atoms with Crippen molar-refractivity contribution in [2.45, 2.75) is 45.4 Å². The molecule has 0 spiro atoms. The Bertz CT molecular complexity index is 695. The van der Waals surface area contributed by atoms with Crippen LogP contribution in [0.15, 0.2) is 48.5 Å². The molecule has 4 nitrogen and oxygen atoms in total. The molecule has 0 radical (unpaired) electrons. The molecule has 3 rings (SSSR count). The van der Waals surface area contributed by atoms with Gasteiger partial charge in [0.2, 0.25) is 0 Å². The van der Waals surface area contributed by atoms with E-state index in [1.807, 2.05) is 31.2 Å². The van der Waals surface area contributed by atoms with E-state index in [0.717, 1.165) is 43.9 Å². The highest BCUT2D eigenvalue weighted by Crippen LogP contribution is 2.18. The third kappa shape index (κ3) is 6.35. The van der Waals surface area contributed by atoms with Crippen molar-refractivity contribution in [3.63, 3.8) is 0 Å². The van der Waals surface area contributed by atoms with Gasteiger partial charge < -0.3 is 14.6 Å². The number of aryl methyl sites for hydroxylation is 2. The van der Waals surface area contributed by atoms with Gasteiger partial charge in [-0.2, -0.15) is 0 Å². The van der Waals surface area contributed by atoms with Gasteiger partial charge >= 0.3 is 0 Å². The van der Waals surface area contributed by atoms with Gasteiger partial charge in [0.1, 0.15) is 18.5 Å². The minimum absolute atomic E-state index is 0.264. The van der Waals surface area contributed by atoms with Crippen LogP contribution in [0.1, 0.15) is 29.5 Å². The van der Waals surface area contributed by atoms with Gasteiger partial charge in [0, 0.05) is 26.2 Å². The molecule has 0 saturated carbocycles. The summed E-state index contributed by atoms with van der Waals surface area (Å²) >= 11 is 0. The van der Waals surface area contributed by atoms with Gasteiger partial charge in [-0.3, -0.25) is 4.90 Å². The average molecular weight is 370 g/mol. The Morgan fingerprint density at radius 3 is 2.63 bits per heavy atom. The summed E-state index contributed by atoms with van der Waals surface area (Å²) in [5.74, 6) is 0.834. The van der Waals surface area contributed by atoms with E-state index >= 15 is 0 Å². The van der Waals surface area contributed by atoms with E-state index in [-0.39, 0.29) is 6.10 Å². The largest absolute Gasteiger partial charge is 0.491 e. The maximum absolute atomic E-state index is 10.6. The molecular weight excluding hydrogens is 338 g/mol. The predicted octanol–water partition coefficient (Wildman–Crippen LogP) is 3.72. The molecule has 27 heavy (non-hydrogen) atoms. The second kappa shape index (κ2) is 9.88. The lowest BCUT2D eigenvalue weighted by Gasteiger charge is -2.27. The molecule has 0 amide bonds. The Balaban J connectivity index is 1.57. The zero-order valence-corrected chi connectivity index (χ0v) is 16.4. The zero-order chi connectivity index (χ0) is 19.1. The van der Waals surface area contributed by atoms with E-state index in [2.05, 4.69) is 36.1 Å². The fourth-order valence-electron chi connectivity index (χ4n) is 3.49. The van der Waals surface area contributed by atoms with Gasteiger partial charge in [-0.05, 0) is 43.9 Å². The van der Waals surface area contributed by atoms with Gasteiger partial charge in [0.15, 0.2) is 0 Å². The molecule has 2 atom stereocenters. The number of rotatable bonds is 9. The van der Waals surface area contributed by atoms with E-state index in [1.165, 1.54) is 11.1 Å². The first-order chi connectivity index (χ1) is 13.1. The molecule has 0 aromatic heterocycles. The first kappa shape index (κ1) is 19.9. The van der Waals surface area contributed by atoms with Crippen molar-refractivity contribution >= 4 is 0 Å². The van der Waals surface area contributed by atoms with Crippen molar-refractivity contribution in [1.82, 2.24) is 4.90 Å². The normalized spacial score (nSPS) is 18.0. The molecule has 1 fully saturated rings. The maximum Gasteiger partial charge on any atom is 0.122 e. The molecule has 0 aliphatic carbocycles. The molecule has 0 unspecified atom stereocenters. The number of ether oxygens (including phenoxy) is 2. The highest BCUT2D eigenvalue weighted by Gasteiger charge is 2.21. The van der Waals surface area contributed by atoms with Gasteiger partial charge in [0.05, 0.1) is 6.10 Å². The summed E-state index contributed by atoms with van der Waals surface area (Å²) in [6.07, 6.45) is 1.94. The summed E-state index contributed by atoms with van der Waals surface area (Å²) in [6, 6.07) is 16.5. The maximum atomic E-state index is 10.6. The first-order valence-electron chi connectivity index (χ1n) is 9.86. The number of hydrogen-bond donors (Lipinski definition) is 1. The number of benzene rings is 2. The van der Waals surface area contributed by atoms with Crippen LogP contribution in [0.4, 0.5) is 0 Å². The minimum atomic E-state index is -0.545. The summed E-state index contributed by atoms with van der Waals surface area (Å²) in [5, 5.41) is 10.6. The smallest absolute Gasteiger partial charge is 0.122 e. The molecule has 146 valence electrons. The third-order valence-electron chi connectivity index (χ3n) is 5.01. The lowest BCUT2D eigenvalue weighted by Crippen LogP contribution is -2.39. The van der Waals surface area contributed by atoms with Crippen LogP contribution < -0.4 is 4.74 Å². The monoisotopic (exact) mass is 369 g/mol. The highest BCUT2D eigenvalue weighted by molar-refractivity contribution is 5.31. The topological polar surface area (TPSA) is 41.9 Å². The van der Waals surface area contributed by atoms with E-state index in [9.17, 15) is 5.11 Å². The van der Waals surface area contributed by atoms with E-state index in [4.69, 9.17) is 9.47 Å². The molecule has 0 bridgehead atoms. The van der Waals surface area contributed by atoms with Gasteiger partial charge in [0.25, 0.3) is 0 Å². The quantitative estimate of drug-likeness (QED) is 0.731. The fourth-order valence-corrected chi connectivity index (χ4v) is 3.49. The van der Waals surface area contributed by atoms with E-state index in [0.29, 0.717) is 13.2 Å². The summed E-state index contributed by atoms with van der Waals surface area (Å²) in [6.45, 7) is 7.47. The summed E-state index contributed by atoms with van der Waals surface area (Å²) < 4.78 is 11.6. The van der Waals surface area contributed by atoms with Crippen LogP contribution in [0.25, 0.3) is 0 Å². The molecule has 2 aromatic carbocycles. The number of para-hydroxylation sites is 1. The van der Waals surface area contributed by atoms with Crippen LogP contribution in [0.2, 0.25) is 0 Å². The standard InChI is InChI=1S/C23H31NO3/c1-18-9-11-20(12-10-18)14-24(16-22-7-5-13-26-22)15-21(25)17-27-23-8-4-3-6-19(23)2/h3-4,6,8-12,21-22,25H,5,7,13-17H2,1-2H3/t21-,22-/m1/s1. The molecule has 1 N–H and O–H groups in total. The van der Waals surface area contributed by atoms with Crippen LogP contribution in [-0.2, 0) is 11.3 Å². The number of aliphatic hydroxyl groups excluding tert-OH is 1. The van der Waals surface area contributed by atoms with E-state index in [1.54, 1.807) is 0 Å². The van der Waals surface area contributed by atoms with Gasteiger partial charge in [-0.25, -0.2) is 0 Å². The Labute approximate surface area is 162 Å². The Morgan fingerprint density at radius 2 is 1.93 bits per heavy atom. The van der Waals surface area contributed by atoms with Crippen LogP contribution >= 0.6 is 0 Å². The van der Waals surface area contributed by atoms with Gasteiger partial charge in [-0.1, -0.05) is 48.0 Å². The lowest BCUT2D eigenvalue weighted by atomic mass is 10.1. The molecule has 4 heteroatoms. The van der Waals surface area contributed by atoms with Crippen molar-refractivity contribution in [2.24, 2.45) is 0 Å².